The van der Waals surface area contributed by atoms with Gasteiger partial charge in [-0.15, -0.1) is 0 Å². The molecule has 2 aliphatic rings. The molecule has 0 aromatic rings. The second kappa shape index (κ2) is 5.36. The Labute approximate surface area is 104 Å². The summed E-state index contributed by atoms with van der Waals surface area (Å²) in [4.78, 5) is 2.24. The summed E-state index contributed by atoms with van der Waals surface area (Å²) in [6, 6.07) is 0.416. The van der Waals surface area contributed by atoms with Gasteiger partial charge in [0.2, 0.25) is 0 Å². The van der Waals surface area contributed by atoms with Crippen molar-refractivity contribution in [1.29, 1.82) is 0 Å². The molecule has 1 N–H and O–H groups in total. The van der Waals surface area contributed by atoms with Crippen LogP contribution in [0.15, 0.2) is 0 Å². The predicted molar refractivity (Wildman–Crippen MR) is 64.3 cm³/mol. The Morgan fingerprint density at radius 2 is 1.82 bits per heavy atom. The number of piperidine rings is 1. The third kappa shape index (κ3) is 3.09. The third-order valence-electron chi connectivity index (χ3n) is 3.89. The highest BCUT2D eigenvalue weighted by Crippen LogP contribution is 2.35. The van der Waals surface area contributed by atoms with Crippen LogP contribution in [-0.2, 0) is 0 Å². The standard InChI is InChI=1S/C11H19F3N2S/c1-17-10-7-15-6-9(10)16-4-2-8(3-5-16)11(12,13)14/h8-10,15H,2-7H2,1H3. The zero-order valence-electron chi connectivity index (χ0n) is 9.96. The van der Waals surface area contributed by atoms with Gasteiger partial charge in [0, 0.05) is 24.4 Å². The van der Waals surface area contributed by atoms with Crippen molar-refractivity contribution < 1.29 is 13.2 Å². The summed E-state index contributed by atoms with van der Waals surface area (Å²) in [6.07, 6.45) is -1.39. The van der Waals surface area contributed by atoms with Crippen molar-refractivity contribution in [3.05, 3.63) is 0 Å². The van der Waals surface area contributed by atoms with E-state index in [9.17, 15) is 13.2 Å². The third-order valence-corrected chi connectivity index (χ3v) is 4.98. The number of rotatable bonds is 2. The normalized spacial score (nSPS) is 33.2. The number of hydrogen-bond acceptors (Lipinski definition) is 3. The molecule has 17 heavy (non-hydrogen) atoms. The topological polar surface area (TPSA) is 15.3 Å². The molecule has 0 amide bonds. The highest BCUT2D eigenvalue weighted by atomic mass is 32.2. The minimum absolute atomic E-state index is 0.265. The summed E-state index contributed by atoms with van der Waals surface area (Å²) in [6.45, 7) is 3.08. The molecule has 2 nitrogen and oxygen atoms in total. The van der Waals surface area contributed by atoms with E-state index in [-0.39, 0.29) is 12.8 Å². The number of nitrogens with zero attached hydrogens (tertiary/aromatic N) is 1. The van der Waals surface area contributed by atoms with Gasteiger partial charge < -0.3 is 5.32 Å². The van der Waals surface area contributed by atoms with Crippen molar-refractivity contribution >= 4 is 11.8 Å². The van der Waals surface area contributed by atoms with E-state index in [2.05, 4.69) is 16.5 Å². The van der Waals surface area contributed by atoms with Gasteiger partial charge in [0.1, 0.15) is 0 Å². The Morgan fingerprint density at radius 1 is 1.18 bits per heavy atom. The van der Waals surface area contributed by atoms with Crippen LogP contribution in [0, 0.1) is 5.92 Å². The van der Waals surface area contributed by atoms with Crippen LogP contribution >= 0.6 is 11.8 Å². The van der Waals surface area contributed by atoms with Crippen LogP contribution < -0.4 is 5.32 Å². The molecular formula is C11H19F3N2S. The van der Waals surface area contributed by atoms with Crippen LogP contribution in [0.25, 0.3) is 0 Å². The van der Waals surface area contributed by atoms with Crippen molar-refractivity contribution in [3.63, 3.8) is 0 Å². The smallest absolute Gasteiger partial charge is 0.314 e. The number of thioether (sulfide) groups is 1. The molecule has 2 heterocycles. The molecule has 0 aliphatic carbocycles. The average Bonchev–Trinajstić information content (AvgIpc) is 2.76. The Morgan fingerprint density at radius 3 is 2.35 bits per heavy atom. The molecule has 100 valence electrons. The highest BCUT2D eigenvalue weighted by molar-refractivity contribution is 7.99. The fourth-order valence-electron chi connectivity index (χ4n) is 2.80. The second-order valence-corrected chi connectivity index (χ2v) is 5.93. The van der Waals surface area contributed by atoms with Crippen LogP contribution in [0.3, 0.4) is 0 Å². The van der Waals surface area contributed by atoms with Crippen LogP contribution in [0.1, 0.15) is 12.8 Å². The van der Waals surface area contributed by atoms with E-state index in [1.807, 2.05) is 11.8 Å². The summed E-state index contributed by atoms with van der Waals surface area (Å²) in [7, 11) is 0. The molecule has 0 aromatic carbocycles. The molecule has 0 saturated carbocycles. The summed E-state index contributed by atoms with van der Waals surface area (Å²) in [5.74, 6) is -1.08. The molecule has 6 heteroatoms. The molecule has 2 fully saturated rings. The Bertz CT molecular complexity index is 252. The maximum absolute atomic E-state index is 12.6. The number of hydrogen-bond donors (Lipinski definition) is 1. The number of alkyl halides is 3. The van der Waals surface area contributed by atoms with Crippen molar-refractivity contribution in [1.82, 2.24) is 10.2 Å². The van der Waals surface area contributed by atoms with Gasteiger partial charge in [-0.25, -0.2) is 0 Å². The Balaban J connectivity index is 1.86. The van der Waals surface area contributed by atoms with E-state index in [0.29, 0.717) is 24.4 Å². The molecular weight excluding hydrogens is 249 g/mol. The van der Waals surface area contributed by atoms with Gasteiger partial charge in [0.25, 0.3) is 0 Å². The molecule has 0 spiro atoms. The van der Waals surface area contributed by atoms with Gasteiger partial charge in [0.15, 0.2) is 0 Å². The first-order valence-corrected chi connectivity index (χ1v) is 7.35. The summed E-state index contributed by atoms with van der Waals surface area (Å²) < 4.78 is 37.7. The van der Waals surface area contributed by atoms with E-state index in [1.165, 1.54) is 0 Å². The maximum Gasteiger partial charge on any atom is 0.391 e. The Kier molecular flexibility index (Phi) is 4.26. The lowest BCUT2D eigenvalue weighted by atomic mass is 9.95. The Hall–Kier alpha value is 0.0600. The maximum atomic E-state index is 12.6. The number of nitrogens with one attached hydrogen (secondary N) is 1. The van der Waals surface area contributed by atoms with Crippen LogP contribution in [0.4, 0.5) is 13.2 Å². The highest BCUT2D eigenvalue weighted by Gasteiger charge is 2.43. The molecule has 2 saturated heterocycles. The molecule has 2 rings (SSSR count). The first-order valence-electron chi connectivity index (χ1n) is 6.06. The quantitative estimate of drug-likeness (QED) is 0.824. The minimum Gasteiger partial charge on any atom is -0.314 e. The lowest BCUT2D eigenvalue weighted by molar-refractivity contribution is -0.185. The zero-order valence-corrected chi connectivity index (χ0v) is 10.8. The summed E-state index contributed by atoms with van der Waals surface area (Å²) in [5.41, 5.74) is 0. The van der Waals surface area contributed by atoms with E-state index in [0.717, 1.165) is 13.1 Å². The number of halogens is 3. The van der Waals surface area contributed by atoms with E-state index in [4.69, 9.17) is 0 Å². The second-order valence-electron chi connectivity index (χ2n) is 4.85. The molecule has 2 atom stereocenters. The van der Waals surface area contributed by atoms with Gasteiger partial charge in [-0.2, -0.15) is 24.9 Å². The van der Waals surface area contributed by atoms with Crippen molar-refractivity contribution in [3.8, 4) is 0 Å². The molecule has 0 radical (unpaired) electrons. The van der Waals surface area contributed by atoms with Crippen molar-refractivity contribution in [2.24, 2.45) is 5.92 Å². The number of likely N-dealkylation sites (tertiary alicyclic amines) is 1. The fraction of sp³-hybridized carbons (Fsp3) is 1.00. The monoisotopic (exact) mass is 268 g/mol. The SMILES string of the molecule is CSC1CNCC1N1CCC(C(F)(F)F)CC1. The average molecular weight is 268 g/mol. The lowest BCUT2D eigenvalue weighted by Crippen LogP contribution is -2.48. The summed E-state index contributed by atoms with van der Waals surface area (Å²) >= 11 is 1.81. The van der Waals surface area contributed by atoms with Crippen molar-refractivity contribution in [2.45, 2.75) is 30.3 Å². The molecule has 2 aliphatic heterocycles. The van der Waals surface area contributed by atoms with Crippen LogP contribution in [0.2, 0.25) is 0 Å². The van der Waals surface area contributed by atoms with Gasteiger partial charge in [0.05, 0.1) is 5.92 Å². The largest absolute Gasteiger partial charge is 0.391 e. The first kappa shape index (κ1) is 13.5. The van der Waals surface area contributed by atoms with Gasteiger partial charge in [-0.1, -0.05) is 0 Å². The minimum atomic E-state index is -4.00. The molecule has 0 bridgehead atoms. The van der Waals surface area contributed by atoms with E-state index in [1.54, 1.807) is 0 Å². The van der Waals surface area contributed by atoms with Gasteiger partial charge in [-0.05, 0) is 32.2 Å². The molecule has 2 unspecified atom stereocenters. The zero-order chi connectivity index (χ0) is 12.5. The van der Waals surface area contributed by atoms with E-state index >= 15 is 0 Å². The first-order chi connectivity index (χ1) is 8.02. The van der Waals surface area contributed by atoms with Crippen LogP contribution in [-0.4, -0.2) is 54.8 Å². The fourth-order valence-corrected chi connectivity index (χ4v) is 3.67. The van der Waals surface area contributed by atoms with Crippen molar-refractivity contribution in [2.75, 3.05) is 32.4 Å². The predicted octanol–water partition coefficient (Wildman–Crippen LogP) is 1.96. The van der Waals surface area contributed by atoms with Gasteiger partial charge >= 0.3 is 6.18 Å². The summed E-state index contributed by atoms with van der Waals surface area (Å²) in [5, 5.41) is 3.85. The van der Waals surface area contributed by atoms with E-state index < -0.39 is 12.1 Å². The van der Waals surface area contributed by atoms with Gasteiger partial charge in [-0.3, -0.25) is 4.90 Å². The lowest BCUT2D eigenvalue weighted by Gasteiger charge is -2.38. The van der Waals surface area contributed by atoms with Crippen LogP contribution in [0.5, 0.6) is 0 Å². The molecule has 0 aromatic heterocycles.